The fraction of sp³-hybridized carbons (Fsp3) is 0.476. The predicted molar refractivity (Wildman–Crippen MR) is 113 cm³/mol. The van der Waals surface area contributed by atoms with Crippen molar-refractivity contribution >= 4 is 27.6 Å². The lowest BCUT2D eigenvalue weighted by atomic mass is 9.70. The van der Waals surface area contributed by atoms with E-state index in [1.807, 2.05) is 0 Å². The highest BCUT2D eigenvalue weighted by molar-refractivity contribution is 7.92. The van der Waals surface area contributed by atoms with Crippen LogP contribution in [-0.4, -0.2) is 24.3 Å². The molecule has 3 atom stereocenters. The zero-order valence-electron chi connectivity index (χ0n) is 17.0. The Labute approximate surface area is 172 Å². The number of amides is 1. The van der Waals surface area contributed by atoms with Crippen LogP contribution in [0.1, 0.15) is 40.0 Å². The Hall–Kier alpha value is -2.48. The molecular weight excluding hydrogens is 388 g/mol. The van der Waals surface area contributed by atoms with Gasteiger partial charge in [0.2, 0.25) is 11.9 Å². The molecule has 1 aromatic heterocycles. The van der Waals surface area contributed by atoms with Crippen LogP contribution in [0.5, 0.6) is 0 Å². The third kappa shape index (κ3) is 5.32. The van der Waals surface area contributed by atoms with Crippen LogP contribution in [-0.2, 0) is 14.8 Å². The second-order valence-electron chi connectivity index (χ2n) is 8.12. The minimum absolute atomic E-state index is 0.0102. The molecule has 1 saturated carbocycles. The van der Waals surface area contributed by atoms with E-state index in [0.29, 0.717) is 23.4 Å². The van der Waals surface area contributed by atoms with Crippen molar-refractivity contribution in [1.29, 1.82) is 0 Å². The highest BCUT2D eigenvalue weighted by Crippen LogP contribution is 2.38. The van der Waals surface area contributed by atoms with Crippen LogP contribution < -0.4 is 10.0 Å². The van der Waals surface area contributed by atoms with Crippen LogP contribution in [0, 0.1) is 23.7 Å². The fourth-order valence-corrected chi connectivity index (χ4v) is 4.94. The van der Waals surface area contributed by atoms with Crippen LogP contribution in [0.4, 0.5) is 11.6 Å². The molecule has 0 saturated heterocycles. The molecular formula is C21H28N4O3S. The Kier molecular flexibility index (Phi) is 6.52. The first-order valence-electron chi connectivity index (χ1n) is 9.97. The highest BCUT2D eigenvalue weighted by atomic mass is 32.2. The van der Waals surface area contributed by atoms with Crippen molar-refractivity contribution in [2.75, 3.05) is 10.0 Å². The van der Waals surface area contributed by atoms with Crippen LogP contribution in [0.3, 0.4) is 0 Å². The Bertz CT molecular complexity index is 930. The first-order valence-corrected chi connectivity index (χ1v) is 11.5. The van der Waals surface area contributed by atoms with Crippen molar-refractivity contribution in [2.24, 2.45) is 23.7 Å². The number of aromatic nitrogens is 2. The molecule has 1 aliphatic rings. The van der Waals surface area contributed by atoms with Gasteiger partial charge < -0.3 is 5.32 Å². The van der Waals surface area contributed by atoms with Gasteiger partial charge in [0.25, 0.3) is 10.0 Å². The molecule has 1 aromatic carbocycles. The van der Waals surface area contributed by atoms with Gasteiger partial charge in [-0.2, -0.15) is 0 Å². The van der Waals surface area contributed by atoms with Gasteiger partial charge in [-0.1, -0.05) is 27.2 Å². The van der Waals surface area contributed by atoms with E-state index in [1.54, 1.807) is 18.2 Å². The molecule has 2 aromatic rings. The van der Waals surface area contributed by atoms with Gasteiger partial charge in [0.05, 0.1) is 4.90 Å². The Morgan fingerprint density at radius 2 is 1.76 bits per heavy atom. The number of hydrogen-bond donors (Lipinski definition) is 2. The Balaban J connectivity index is 1.69. The van der Waals surface area contributed by atoms with Crippen LogP contribution in [0.25, 0.3) is 0 Å². The zero-order chi connectivity index (χ0) is 21.0. The summed E-state index contributed by atoms with van der Waals surface area (Å²) in [5.74, 6) is 1.38. The summed E-state index contributed by atoms with van der Waals surface area (Å²) in [6.45, 7) is 6.54. The molecule has 1 amide bonds. The molecule has 1 aliphatic carbocycles. The van der Waals surface area contributed by atoms with Gasteiger partial charge in [-0.05, 0) is 60.9 Å². The molecule has 0 radical (unpaired) electrons. The number of rotatable bonds is 6. The lowest BCUT2D eigenvalue weighted by Crippen LogP contribution is -2.36. The maximum atomic E-state index is 12.9. The average Bonchev–Trinajstić information content (AvgIpc) is 2.68. The summed E-state index contributed by atoms with van der Waals surface area (Å²) < 4.78 is 27.2. The summed E-state index contributed by atoms with van der Waals surface area (Å²) in [6.07, 6.45) is 6.04. The second kappa shape index (κ2) is 8.90. The quantitative estimate of drug-likeness (QED) is 0.743. The number of anilines is 2. The Morgan fingerprint density at radius 3 is 2.38 bits per heavy atom. The minimum Gasteiger partial charge on any atom is -0.326 e. The number of benzene rings is 1. The molecule has 156 valence electrons. The zero-order valence-corrected chi connectivity index (χ0v) is 17.8. The smallest absolute Gasteiger partial charge is 0.264 e. The van der Waals surface area contributed by atoms with Gasteiger partial charge in [-0.25, -0.2) is 23.1 Å². The first-order chi connectivity index (χ1) is 13.8. The second-order valence-corrected chi connectivity index (χ2v) is 9.81. The first kappa shape index (κ1) is 21.2. The topological polar surface area (TPSA) is 101 Å². The third-order valence-electron chi connectivity index (χ3n) is 5.58. The maximum absolute atomic E-state index is 12.9. The van der Waals surface area contributed by atoms with Gasteiger partial charge >= 0.3 is 0 Å². The van der Waals surface area contributed by atoms with Crippen molar-refractivity contribution < 1.29 is 13.2 Å². The Morgan fingerprint density at radius 1 is 1.10 bits per heavy atom. The largest absolute Gasteiger partial charge is 0.326 e. The fourth-order valence-electron chi connectivity index (χ4n) is 3.99. The van der Waals surface area contributed by atoms with Gasteiger partial charge in [0.15, 0.2) is 0 Å². The van der Waals surface area contributed by atoms with Crippen LogP contribution in [0.15, 0.2) is 47.6 Å². The van der Waals surface area contributed by atoms with E-state index in [2.05, 4.69) is 40.8 Å². The van der Waals surface area contributed by atoms with Crippen molar-refractivity contribution in [3.8, 4) is 0 Å². The van der Waals surface area contributed by atoms with E-state index in [4.69, 9.17) is 0 Å². The number of hydrogen-bond acceptors (Lipinski definition) is 5. The average molecular weight is 417 g/mol. The van der Waals surface area contributed by atoms with Crippen LogP contribution >= 0.6 is 0 Å². The normalized spacial score (nSPS) is 22.3. The molecule has 7 nitrogen and oxygen atoms in total. The summed E-state index contributed by atoms with van der Waals surface area (Å²) in [4.78, 5) is 20.7. The van der Waals surface area contributed by atoms with Gasteiger partial charge in [-0.3, -0.25) is 4.79 Å². The van der Waals surface area contributed by atoms with E-state index >= 15 is 0 Å². The number of nitrogens with zero attached hydrogens (tertiary/aromatic N) is 2. The van der Waals surface area contributed by atoms with E-state index in [0.717, 1.165) is 19.3 Å². The van der Waals surface area contributed by atoms with E-state index in [-0.39, 0.29) is 22.7 Å². The van der Waals surface area contributed by atoms with E-state index in [1.165, 1.54) is 24.5 Å². The molecule has 0 bridgehead atoms. The number of nitrogens with one attached hydrogen (secondary N) is 2. The van der Waals surface area contributed by atoms with Crippen LogP contribution in [0.2, 0.25) is 0 Å². The molecule has 2 N–H and O–H groups in total. The van der Waals surface area contributed by atoms with Crippen molar-refractivity contribution in [3.63, 3.8) is 0 Å². The number of sulfonamides is 1. The van der Waals surface area contributed by atoms with Crippen molar-refractivity contribution in [2.45, 2.75) is 44.9 Å². The van der Waals surface area contributed by atoms with Gasteiger partial charge in [0.1, 0.15) is 0 Å². The number of carbonyl (C=O) groups excluding carboxylic acids is 1. The summed E-state index contributed by atoms with van der Waals surface area (Å²) >= 11 is 0. The van der Waals surface area contributed by atoms with E-state index < -0.39 is 10.0 Å². The molecule has 29 heavy (non-hydrogen) atoms. The molecule has 8 heteroatoms. The van der Waals surface area contributed by atoms with Crippen molar-refractivity contribution in [1.82, 2.24) is 9.97 Å². The van der Waals surface area contributed by atoms with Crippen molar-refractivity contribution in [3.05, 3.63) is 42.7 Å². The highest BCUT2D eigenvalue weighted by Gasteiger charge is 2.35. The molecule has 1 heterocycles. The summed E-state index contributed by atoms with van der Waals surface area (Å²) in [6, 6.07) is 7.74. The molecule has 0 spiro atoms. The standard InChI is InChI=1S/C21H28N4O3S/c1-14(2)18-10-5-15(3)13-19(18)20(26)24-16-6-8-17(9-7-16)29(27,28)25-21-22-11-4-12-23-21/h4,6-9,11-12,14-15,18-19H,5,10,13H2,1-3H3,(H,24,26)(H,22,23,25)/t15?,18-,19?/m0/s1. The molecule has 2 unspecified atom stereocenters. The predicted octanol–water partition coefficient (Wildman–Crippen LogP) is 3.92. The summed E-state index contributed by atoms with van der Waals surface area (Å²) in [5.41, 5.74) is 0.589. The molecule has 0 aliphatic heterocycles. The lowest BCUT2D eigenvalue weighted by molar-refractivity contribution is -0.123. The summed E-state index contributed by atoms with van der Waals surface area (Å²) in [7, 11) is -3.79. The number of carbonyl (C=O) groups is 1. The monoisotopic (exact) mass is 416 g/mol. The summed E-state index contributed by atoms with van der Waals surface area (Å²) in [5, 5.41) is 2.97. The van der Waals surface area contributed by atoms with Gasteiger partial charge in [-0.15, -0.1) is 0 Å². The lowest BCUT2D eigenvalue weighted by Gasteiger charge is -2.36. The third-order valence-corrected chi connectivity index (χ3v) is 6.93. The molecule has 3 rings (SSSR count). The van der Waals surface area contributed by atoms with Gasteiger partial charge in [0, 0.05) is 24.0 Å². The SMILES string of the molecule is CC1CC[C@@H](C(C)C)C(C(=O)Nc2ccc(S(=O)(=O)Nc3ncccn3)cc2)C1. The molecule has 1 fully saturated rings. The minimum atomic E-state index is -3.79. The van der Waals surface area contributed by atoms with E-state index in [9.17, 15) is 13.2 Å². The maximum Gasteiger partial charge on any atom is 0.264 e.